The molecule has 0 aliphatic carbocycles. The number of nitrogens with zero attached hydrogens (tertiary/aromatic N) is 6. The molecule has 35 heavy (non-hydrogen) atoms. The number of ether oxygens (including phenoxy) is 2. The highest BCUT2D eigenvalue weighted by Crippen LogP contribution is 2.43. The van der Waals surface area contributed by atoms with Gasteiger partial charge in [-0.2, -0.15) is 10.2 Å². The fourth-order valence-corrected chi connectivity index (χ4v) is 4.80. The molecule has 1 unspecified atom stereocenters. The third-order valence-corrected chi connectivity index (χ3v) is 6.38. The van der Waals surface area contributed by atoms with Gasteiger partial charge in [0.15, 0.2) is 11.9 Å². The molecule has 0 radical (unpaired) electrons. The van der Waals surface area contributed by atoms with Gasteiger partial charge < -0.3 is 9.47 Å². The van der Waals surface area contributed by atoms with Crippen molar-refractivity contribution in [3.8, 4) is 22.5 Å². The van der Waals surface area contributed by atoms with Crippen LogP contribution in [0.2, 0.25) is 0 Å². The van der Waals surface area contributed by atoms with Crippen LogP contribution in [0.15, 0.2) is 24.5 Å². The minimum atomic E-state index is -3.04. The zero-order chi connectivity index (χ0) is 29.3. The van der Waals surface area contributed by atoms with Crippen LogP contribution in [0.25, 0.3) is 33.5 Å². The van der Waals surface area contributed by atoms with E-state index in [1.807, 2.05) is 0 Å². The van der Waals surface area contributed by atoms with E-state index in [1.54, 1.807) is 11.6 Å². The van der Waals surface area contributed by atoms with Crippen molar-refractivity contribution in [3.05, 3.63) is 47.5 Å². The van der Waals surface area contributed by atoms with Crippen molar-refractivity contribution in [2.24, 2.45) is 0 Å². The summed E-state index contributed by atoms with van der Waals surface area (Å²) in [5.74, 6) is -1.32. The van der Waals surface area contributed by atoms with E-state index in [2.05, 4.69) is 20.2 Å². The minimum Gasteiger partial charge on any atom is -0.367 e. The van der Waals surface area contributed by atoms with E-state index in [1.165, 1.54) is 10.7 Å². The Bertz CT molecular complexity index is 1610. The quantitative estimate of drug-likeness (QED) is 0.408. The summed E-state index contributed by atoms with van der Waals surface area (Å²) in [6.07, 6.45) is 4.22. The first-order valence-corrected chi connectivity index (χ1v) is 11.3. The van der Waals surface area contributed by atoms with Gasteiger partial charge in [0, 0.05) is 26.0 Å². The number of fused-ring (bicyclic) bond motifs is 2. The zero-order valence-corrected chi connectivity index (χ0v) is 18.9. The van der Waals surface area contributed by atoms with Crippen LogP contribution in [0.3, 0.4) is 0 Å². The van der Waals surface area contributed by atoms with Gasteiger partial charge in [0.1, 0.15) is 17.3 Å². The Kier molecular flexibility index (Phi) is 3.83. The lowest BCUT2D eigenvalue weighted by Crippen LogP contribution is -2.36. The van der Waals surface area contributed by atoms with Crippen molar-refractivity contribution in [2.45, 2.75) is 64.9 Å². The van der Waals surface area contributed by atoms with Crippen LogP contribution in [0.1, 0.15) is 58.8 Å². The predicted octanol–water partition coefficient (Wildman–Crippen LogP) is 4.95. The number of halogens is 2. The van der Waals surface area contributed by atoms with E-state index in [0.29, 0.717) is 29.8 Å². The summed E-state index contributed by atoms with van der Waals surface area (Å²) in [4.78, 5) is 8.46. The van der Waals surface area contributed by atoms with Gasteiger partial charge in [-0.15, -0.1) is 0 Å². The highest BCUT2D eigenvalue weighted by Gasteiger charge is 2.34. The van der Waals surface area contributed by atoms with E-state index in [0.717, 1.165) is 31.3 Å². The summed E-state index contributed by atoms with van der Waals surface area (Å²) in [5.41, 5.74) is -0.950. The number of rotatable bonds is 3. The molecular formula is C25H26F2N6O2. The summed E-state index contributed by atoms with van der Waals surface area (Å²) in [6, 6.07) is 2.52. The number of pyridine rings is 2. The molecule has 0 N–H and O–H groups in total. The maximum absolute atomic E-state index is 15.9. The van der Waals surface area contributed by atoms with Crippen molar-refractivity contribution >= 4 is 11.0 Å². The fraction of sp³-hybridized carbons (Fsp3) is 0.440. The molecule has 1 fully saturated rings. The van der Waals surface area contributed by atoms with Gasteiger partial charge in [0.25, 0.3) is 0 Å². The second-order valence-electron chi connectivity index (χ2n) is 8.84. The molecule has 10 heteroatoms. The largest absolute Gasteiger partial charge is 0.367 e. The summed E-state index contributed by atoms with van der Waals surface area (Å²) < 4.78 is 92.2. The van der Waals surface area contributed by atoms with Gasteiger partial charge in [-0.05, 0) is 52.0 Å². The lowest BCUT2D eigenvalue weighted by Gasteiger charge is -2.31. The number of hydrogen-bond acceptors (Lipinski definition) is 6. The van der Waals surface area contributed by atoms with E-state index in [4.69, 9.17) is 17.7 Å². The van der Waals surface area contributed by atoms with Crippen molar-refractivity contribution in [1.82, 2.24) is 29.5 Å². The third-order valence-electron chi connectivity index (χ3n) is 6.38. The Morgan fingerprint density at radius 2 is 2.00 bits per heavy atom. The Hall–Kier alpha value is -3.24. The SMILES string of the molecule is [2H]C([2H])([2H])C1(C([2H])([2H])[2H])Cn2nc(-c3ccc(F)cn3)c(-c3c(F)cnc4c3c(C)nn4C3CCCCO3)c2CO1. The first kappa shape index (κ1) is 16.4. The summed E-state index contributed by atoms with van der Waals surface area (Å²) >= 11 is 0. The molecule has 2 aliphatic heterocycles. The average Bonchev–Trinajstić information content (AvgIpc) is 3.46. The second kappa shape index (κ2) is 8.17. The standard InChI is InChI=1S/C25H26F2N6O2/c1-14-20-21(16(27)11-29-24(20)33(30-14)19-6-4-5-9-34-19)22-18-12-35-25(2,3)13-32(18)31-23(22)17-8-7-15(26)10-28-17/h7-8,10-11,19H,4-6,9,12-13H2,1-3H3/i2D3,3D3. The summed E-state index contributed by atoms with van der Waals surface area (Å²) in [5, 5.41) is 9.54. The lowest BCUT2D eigenvalue weighted by atomic mass is 9.97. The zero-order valence-electron chi connectivity index (χ0n) is 24.9. The Balaban J connectivity index is 1.62. The molecule has 0 spiro atoms. The number of hydrogen-bond donors (Lipinski definition) is 0. The van der Waals surface area contributed by atoms with E-state index < -0.39 is 44.1 Å². The van der Waals surface area contributed by atoms with Crippen LogP contribution in [0.4, 0.5) is 8.78 Å². The molecule has 4 aromatic heterocycles. The molecule has 8 nitrogen and oxygen atoms in total. The van der Waals surface area contributed by atoms with Gasteiger partial charge in [-0.3, -0.25) is 9.67 Å². The first-order valence-electron chi connectivity index (χ1n) is 14.3. The molecule has 1 saturated heterocycles. The first-order chi connectivity index (χ1) is 19.3. The van der Waals surface area contributed by atoms with E-state index in [-0.39, 0.29) is 34.4 Å². The Morgan fingerprint density at radius 3 is 2.74 bits per heavy atom. The summed E-state index contributed by atoms with van der Waals surface area (Å²) in [7, 11) is 0. The van der Waals surface area contributed by atoms with Crippen molar-refractivity contribution in [2.75, 3.05) is 6.61 Å². The van der Waals surface area contributed by atoms with Crippen molar-refractivity contribution in [3.63, 3.8) is 0 Å². The minimum absolute atomic E-state index is 0.0656. The van der Waals surface area contributed by atoms with E-state index in [9.17, 15) is 4.39 Å². The van der Waals surface area contributed by atoms with Crippen LogP contribution in [-0.4, -0.2) is 41.7 Å². The van der Waals surface area contributed by atoms with Gasteiger partial charge in [-0.25, -0.2) is 18.4 Å². The molecule has 0 aromatic carbocycles. The Labute approximate surface area is 209 Å². The predicted molar refractivity (Wildman–Crippen MR) is 124 cm³/mol. The van der Waals surface area contributed by atoms with E-state index >= 15 is 4.39 Å². The topological polar surface area (TPSA) is 79.9 Å². The van der Waals surface area contributed by atoms with Crippen LogP contribution >= 0.6 is 0 Å². The van der Waals surface area contributed by atoms with Crippen molar-refractivity contribution < 1.29 is 26.5 Å². The number of aromatic nitrogens is 6. The Morgan fingerprint density at radius 1 is 1.11 bits per heavy atom. The van der Waals surface area contributed by atoms with Gasteiger partial charge in [0.05, 0.1) is 53.6 Å². The van der Waals surface area contributed by atoms with Crippen LogP contribution < -0.4 is 0 Å². The van der Waals surface area contributed by atoms with Crippen molar-refractivity contribution in [1.29, 1.82) is 0 Å². The van der Waals surface area contributed by atoms with Crippen LogP contribution in [0.5, 0.6) is 0 Å². The second-order valence-corrected chi connectivity index (χ2v) is 8.84. The van der Waals surface area contributed by atoms with Gasteiger partial charge in [0.2, 0.25) is 0 Å². The number of aryl methyl sites for hydroxylation is 1. The average molecular weight is 487 g/mol. The molecular weight excluding hydrogens is 454 g/mol. The lowest BCUT2D eigenvalue weighted by molar-refractivity contribution is -0.0657. The summed E-state index contributed by atoms with van der Waals surface area (Å²) in [6.45, 7) is -4.96. The maximum atomic E-state index is 15.9. The molecule has 182 valence electrons. The molecule has 2 aliphatic rings. The monoisotopic (exact) mass is 486 g/mol. The normalized spacial score (nSPS) is 23.0. The van der Waals surface area contributed by atoms with Gasteiger partial charge >= 0.3 is 0 Å². The smallest absolute Gasteiger partial charge is 0.161 e. The molecule has 0 saturated carbocycles. The van der Waals surface area contributed by atoms with Crippen LogP contribution in [-0.2, 0) is 22.6 Å². The molecule has 6 rings (SSSR count). The maximum Gasteiger partial charge on any atom is 0.161 e. The molecule has 0 bridgehead atoms. The highest BCUT2D eigenvalue weighted by atomic mass is 19.1. The molecule has 1 atom stereocenters. The highest BCUT2D eigenvalue weighted by molar-refractivity contribution is 5.99. The third kappa shape index (κ3) is 3.71. The van der Waals surface area contributed by atoms with Gasteiger partial charge in [-0.1, -0.05) is 0 Å². The molecule has 4 aromatic rings. The van der Waals surface area contributed by atoms with Crippen LogP contribution in [0, 0.1) is 18.6 Å². The fourth-order valence-electron chi connectivity index (χ4n) is 4.80. The molecule has 0 amide bonds. The molecule has 6 heterocycles.